The third-order valence-electron chi connectivity index (χ3n) is 4.41. The van der Waals surface area contributed by atoms with Gasteiger partial charge >= 0.3 is 0 Å². The first-order valence-corrected chi connectivity index (χ1v) is 8.19. The van der Waals surface area contributed by atoms with Gasteiger partial charge in [0.25, 0.3) is 11.6 Å². The van der Waals surface area contributed by atoms with Crippen molar-refractivity contribution in [3.8, 4) is 0 Å². The molecular formula is C17H25N3O4. The molecule has 1 aromatic carbocycles. The van der Waals surface area contributed by atoms with Crippen LogP contribution in [-0.4, -0.2) is 30.6 Å². The predicted octanol–water partition coefficient (Wildman–Crippen LogP) is 2.75. The van der Waals surface area contributed by atoms with Gasteiger partial charge in [-0.2, -0.15) is 0 Å². The minimum absolute atomic E-state index is 0.0654. The second-order valence-corrected chi connectivity index (χ2v) is 7.11. The van der Waals surface area contributed by atoms with Crippen molar-refractivity contribution in [1.82, 2.24) is 5.32 Å². The van der Waals surface area contributed by atoms with Gasteiger partial charge in [-0.25, -0.2) is 0 Å². The molecule has 1 saturated heterocycles. The highest BCUT2D eigenvalue weighted by molar-refractivity contribution is 6.03. The lowest BCUT2D eigenvalue weighted by Gasteiger charge is -2.32. The minimum Gasteiger partial charge on any atom is -0.398 e. The Kier molecular flexibility index (Phi) is 5.77. The van der Waals surface area contributed by atoms with Crippen LogP contribution in [0, 0.1) is 21.4 Å². The first-order valence-electron chi connectivity index (χ1n) is 8.19. The monoisotopic (exact) mass is 335 g/mol. The maximum atomic E-state index is 12.4. The number of hydrogen-bond acceptors (Lipinski definition) is 5. The highest BCUT2D eigenvalue weighted by atomic mass is 16.6. The summed E-state index contributed by atoms with van der Waals surface area (Å²) in [6.45, 7) is 6.20. The Morgan fingerprint density at radius 1 is 1.42 bits per heavy atom. The molecule has 1 aromatic rings. The number of benzene rings is 1. The molecule has 3 N–H and O–H groups in total. The molecule has 1 aliphatic rings. The maximum absolute atomic E-state index is 12.4. The van der Waals surface area contributed by atoms with E-state index in [0.29, 0.717) is 12.5 Å². The molecule has 0 saturated carbocycles. The number of anilines is 1. The zero-order valence-electron chi connectivity index (χ0n) is 14.2. The molecule has 0 unspecified atom stereocenters. The average Bonchev–Trinajstić information content (AvgIpc) is 2.53. The lowest BCUT2D eigenvalue weighted by Crippen LogP contribution is -2.36. The van der Waals surface area contributed by atoms with E-state index in [2.05, 4.69) is 19.2 Å². The molecule has 1 fully saturated rings. The van der Waals surface area contributed by atoms with E-state index in [-0.39, 0.29) is 22.4 Å². The molecule has 0 spiro atoms. The molecule has 0 aromatic heterocycles. The number of carbonyl (C=O) groups is 1. The van der Waals surface area contributed by atoms with Gasteiger partial charge in [0.05, 0.1) is 10.6 Å². The Morgan fingerprint density at radius 2 is 2.08 bits per heavy atom. The van der Waals surface area contributed by atoms with Crippen LogP contribution in [-0.2, 0) is 4.74 Å². The van der Waals surface area contributed by atoms with Gasteiger partial charge in [0.2, 0.25) is 0 Å². The van der Waals surface area contributed by atoms with E-state index >= 15 is 0 Å². The van der Waals surface area contributed by atoms with Gasteiger partial charge < -0.3 is 15.8 Å². The molecule has 0 radical (unpaired) electrons. The molecule has 2 rings (SSSR count). The van der Waals surface area contributed by atoms with E-state index in [1.807, 2.05) is 0 Å². The van der Waals surface area contributed by atoms with Gasteiger partial charge in [-0.3, -0.25) is 14.9 Å². The number of hydrogen-bond donors (Lipinski definition) is 2. The topological polar surface area (TPSA) is 107 Å². The van der Waals surface area contributed by atoms with Gasteiger partial charge in [0.1, 0.15) is 5.56 Å². The summed E-state index contributed by atoms with van der Waals surface area (Å²) in [5, 5.41) is 13.9. The summed E-state index contributed by atoms with van der Waals surface area (Å²) in [6, 6.07) is 4.26. The van der Waals surface area contributed by atoms with E-state index in [1.54, 1.807) is 0 Å². The van der Waals surface area contributed by atoms with E-state index in [4.69, 9.17) is 10.5 Å². The highest BCUT2D eigenvalue weighted by Crippen LogP contribution is 2.31. The molecule has 1 heterocycles. The number of rotatable bonds is 6. The summed E-state index contributed by atoms with van der Waals surface area (Å²) >= 11 is 0. The Labute approximate surface area is 141 Å². The van der Waals surface area contributed by atoms with Gasteiger partial charge in [-0.1, -0.05) is 19.9 Å². The van der Waals surface area contributed by atoms with Gasteiger partial charge in [0, 0.05) is 25.8 Å². The quantitative estimate of drug-likeness (QED) is 0.472. The normalized spacial score (nSPS) is 15.9. The Balaban J connectivity index is 2.01. The van der Waals surface area contributed by atoms with Crippen molar-refractivity contribution in [3.05, 3.63) is 33.9 Å². The fourth-order valence-electron chi connectivity index (χ4n) is 3.17. The van der Waals surface area contributed by atoms with E-state index in [1.165, 1.54) is 18.2 Å². The number of nitro benzene ring substituents is 1. The first-order chi connectivity index (χ1) is 11.3. The molecule has 132 valence electrons. The van der Waals surface area contributed by atoms with Crippen LogP contribution < -0.4 is 11.1 Å². The Hall–Kier alpha value is -2.15. The fourth-order valence-corrected chi connectivity index (χ4v) is 3.17. The van der Waals surface area contributed by atoms with Crippen LogP contribution in [0.2, 0.25) is 0 Å². The van der Waals surface area contributed by atoms with Crippen LogP contribution in [0.15, 0.2) is 18.2 Å². The van der Waals surface area contributed by atoms with Gasteiger partial charge in [0.15, 0.2) is 0 Å². The second kappa shape index (κ2) is 7.61. The number of carbonyl (C=O) groups excluding carboxylic acids is 1. The second-order valence-electron chi connectivity index (χ2n) is 7.11. The molecule has 0 aliphatic carbocycles. The molecule has 7 heteroatoms. The molecule has 7 nitrogen and oxygen atoms in total. The van der Waals surface area contributed by atoms with Crippen LogP contribution >= 0.6 is 0 Å². The van der Waals surface area contributed by atoms with Crippen molar-refractivity contribution in [2.45, 2.75) is 33.1 Å². The fraction of sp³-hybridized carbons (Fsp3) is 0.588. The third kappa shape index (κ3) is 4.67. The standard InChI is InChI=1S/C17H25N3O4/c1-17(2,10-12-6-8-24-9-7-12)11-19-16(21)15-13(18)4-3-5-14(15)20(22)23/h3-5,12H,6-11,18H2,1-2H3,(H,19,21). The summed E-state index contributed by atoms with van der Waals surface area (Å²) in [5.74, 6) is 0.0848. The summed E-state index contributed by atoms with van der Waals surface area (Å²) in [4.78, 5) is 22.9. The number of nitrogens with two attached hydrogens (primary N) is 1. The van der Waals surface area contributed by atoms with E-state index in [0.717, 1.165) is 32.5 Å². The summed E-state index contributed by atoms with van der Waals surface area (Å²) in [6.07, 6.45) is 3.05. The molecule has 0 atom stereocenters. The SMILES string of the molecule is CC(C)(CNC(=O)c1c(N)cccc1[N+](=O)[O-])CC1CCOCC1. The summed E-state index contributed by atoms with van der Waals surface area (Å²) < 4.78 is 5.37. The van der Waals surface area contributed by atoms with Crippen molar-refractivity contribution in [1.29, 1.82) is 0 Å². The van der Waals surface area contributed by atoms with Crippen molar-refractivity contribution in [3.63, 3.8) is 0 Å². The van der Waals surface area contributed by atoms with Crippen molar-refractivity contribution in [2.75, 3.05) is 25.5 Å². The van der Waals surface area contributed by atoms with Crippen LogP contribution in [0.4, 0.5) is 11.4 Å². The lowest BCUT2D eigenvalue weighted by atomic mass is 9.79. The van der Waals surface area contributed by atoms with Crippen LogP contribution in [0.1, 0.15) is 43.5 Å². The number of nitro groups is 1. The zero-order valence-corrected chi connectivity index (χ0v) is 14.2. The van der Waals surface area contributed by atoms with Crippen molar-refractivity contribution >= 4 is 17.3 Å². The van der Waals surface area contributed by atoms with Crippen LogP contribution in [0.25, 0.3) is 0 Å². The average molecular weight is 335 g/mol. The Bertz CT molecular complexity index is 610. The maximum Gasteiger partial charge on any atom is 0.284 e. The number of nitrogens with zero attached hydrogens (tertiary/aromatic N) is 1. The van der Waals surface area contributed by atoms with Crippen molar-refractivity contribution in [2.24, 2.45) is 11.3 Å². The first kappa shape index (κ1) is 18.2. The predicted molar refractivity (Wildman–Crippen MR) is 91.8 cm³/mol. The largest absolute Gasteiger partial charge is 0.398 e. The van der Waals surface area contributed by atoms with Crippen molar-refractivity contribution < 1.29 is 14.5 Å². The van der Waals surface area contributed by atoms with E-state index in [9.17, 15) is 14.9 Å². The summed E-state index contributed by atoms with van der Waals surface area (Å²) in [5.41, 5.74) is 5.45. The number of nitrogen functional groups attached to an aromatic ring is 1. The number of nitrogens with one attached hydrogen (secondary N) is 1. The van der Waals surface area contributed by atoms with Gasteiger partial charge in [-0.15, -0.1) is 0 Å². The summed E-state index contributed by atoms with van der Waals surface area (Å²) in [7, 11) is 0. The van der Waals surface area contributed by atoms with Gasteiger partial charge in [-0.05, 0) is 36.7 Å². The zero-order chi connectivity index (χ0) is 17.7. The number of ether oxygens (including phenoxy) is 1. The molecular weight excluding hydrogens is 310 g/mol. The van der Waals surface area contributed by atoms with E-state index < -0.39 is 10.8 Å². The highest BCUT2D eigenvalue weighted by Gasteiger charge is 2.28. The Morgan fingerprint density at radius 3 is 2.71 bits per heavy atom. The minimum atomic E-state index is -0.585. The lowest BCUT2D eigenvalue weighted by molar-refractivity contribution is -0.385. The molecule has 1 aliphatic heterocycles. The third-order valence-corrected chi connectivity index (χ3v) is 4.41. The smallest absolute Gasteiger partial charge is 0.284 e. The molecule has 0 bridgehead atoms. The molecule has 1 amide bonds. The molecule has 24 heavy (non-hydrogen) atoms. The number of amides is 1. The van der Waals surface area contributed by atoms with Crippen LogP contribution in [0.3, 0.4) is 0 Å². The van der Waals surface area contributed by atoms with Crippen LogP contribution in [0.5, 0.6) is 0 Å².